The van der Waals surface area contributed by atoms with Gasteiger partial charge in [-0.2, -0.15) is 0 Å². The molecular weight excluding hydrogens is 603 g/mol. The molecule has 15 heteroatoms. The smallest absolute Gasteiger partial charge is 0.457 e. The Morgan fingerprint density at radius 3 is 1.61 bits per heavy atom. The van der Waals surface area contributed by atoms with Gasteiger partial charge in [0.25, 0.3) is 0 Å². The van der Waals surface area contributed by atoms with Gasteiger partial charge in [-0.15, -0.1) is 0 Å². The Morgan fingerprint density at radius 1 is 0.705 bits per heavy atom. The Bertz CT molecular complexity index is 1260. The van der Waals surface area contributed by atoms with Crippen LogP contribution in [-0.4, -0.2) is 72.4 Å². The fourth-order valence-electron chi connectivity index (χ4n) is 4.26. The average Bonchev–Trinajstić information content (AvgIpc) is 2.97. The van der Waals surface area contributed by atoms with Crippen LogP contribution in [0.15, 0.2) is 60.7 Å². The lowest BCUT2D eigenvalue weighted by molar-refractivity contribution is -0.306. The molecule has 1 fully saturated rings. The zero-order chi connectivity index (χ0) is 32.3. The Balaban J connectivity index is 1.91. The van der Waals surface area contributed by atoms with Gasteiger partial charge in [0.2, 0.25) is 0 Å². The molecule has 0 spiro atoms. The largest absolute Gasteiger partial charge is 0.475 e. The number of benzene rings is 2. The monoisotopic (exact) mass is 638 g/mol. The minimum Gasteiger partial charge on any atom is -0.457 e. The number of carbonyl (C=O) groups is 4. The molecule has 0 radical (unpaired) electrons. The summed E-state index contributed by atoms with van der Waals surface area (Å²) in [5, 5.41) is 10.7. The number of phosphoric ester groups is 1. The third-order valence-electron chi connectivity index (χ3n) is 6.00. The molecule has 1 heterocycles. The van der Waals surface area contributed by atoms with Crippen LogP contribution in [0, 0.1) is 0 Å². The molecule has 0 amide bonds. The lowest BCUT2D eigenvalue weighted by Gasteiger charge is -2.44. The molecule has 3 unspecified atom stereocenters. The van der Waals surface area contributed by atoms with Crippen LogP contribution in [0.2, 0.25) is 0 Å². The van der Waals surface area contributed by atoms with E-state index in [0.29, 0.717) is 11.1 Å². The molecule has 1 N–H and O–H groups in total. The highest BCUT2D eigenvalue weighted by Crippen LogP contribution is 2.51. The van der Waals surface area contributed by atoms with E-state index in [2.05, 4.69) is 0 Å². The fraction of sp³-hybridized carbons (Fsp3) is 0.448. The predicted octanol–water partition coefficient (Wildman–Crippen LogP) is 2.99. The van der Waals surface area contributed by atoms with Gasteiger partial charge >= 0.3 is 31.7 Å². The van der Waals surface area contributed by atoms with Crippen molar-refractivity contribution in [2.24, 2.45) is 0 Å². The summed E-state index contributed by atoms with van der Waals surface area (Å²) in [7, 11) is -4.40. The number of hydrogen-bond acceptors (Lipinski definition) is 14. The van der Waals surface area contributed by atoms with Gasteiger partial charge in [0.05, 0.1) is 19.8 Å². The highest BCUT2D eigenvalue weighted by Gasteiger charge is 2.54. The number of phosphoric acid groups is 1. The van der Waals surface area contributed by atoms with Crippen molar-refractivity contribution < 1.29 is 66.1 Å². The van der Waals surface area contributed by atoms with Crippen LogP contribution >= 0.6 is 7.82 Å². The van der Waals surface area contributed by atoms with Crippen LogP contribution < -0.4 is 0 Å². The number of hydrogen-bond donors (Lipinski definition) is 1. The number of aliphatic hydroxyl groups excluding tert-OH is 1. The van der Waals surface area contributed by atoms with E-state index in [-0.39, 0.29) is 13.2 Å². The van der Waals surface area contributed by atoms with E-state index in [1.54, 1.807) is 60.7 Å². The molecule has 2 aromatic carbocycles. The van der Waals surface area contributed by atoms with Crippen LogP contribution in [-0.2, 0) is 74.2 Å². The SMILES string of the molecule is CC(=O)OC1C(OC(C)=O)[C@H](O)OC([C@@H](COP(=O)(OCc2ccccc2)OCc2ccccc2)OC(C)=O)[C@H]1OC(C)=O. The maximum atomic E-state index is 13.8. The summed E-state index contributed by atoms with van der Waals surface area (Å²) in [6.07, 6.45) is -9.86. The van der Waals surface area contributed by atoms with Crippen molar-refractivity contribution in [3.63, 3.8) is 0 Å². The van der Waals surface area contributed by atoms with Crippen LogP contribution in [0.3, 0.4) is 0 Å². The normalized spacial score (nSPS) is 22.3. The summed E-state index contributed by atoms with van der Waals surface area (Å²) in [4.78, 5) is 47.9. The van der Waals surface area contributed by atoms with E-state index >= 15 is 0 Å². The Morgan fingerprint density at radius 2 is 1.16 bits per heavy atom. The summed E-state index contributed by atoms with van der Waals surface area (Å²) in [6, 6.07) is 17.6. The van der Waals surface area contributed by atoms with Gasteiger partial charge in [-0.3, -0.25) is 32.7 Å². The summed E-state index contributed by atoms with van der Waals surface area (Å²) in [6.45, 7) is 3.15. The first-order valence-corrected chi connectivity index (χ1v) is 15.0. The molecule has 0 saturated carbocycles. The number of esters is 4. The van der Waals surface area contributed by atoms with Gasteiger partial charge in [-0.05, 0) is 11.1 Å². The first kappa shape index (κ1) is 34.8. The molecule has 1 aliphatic rings. The lowest BCUT2D eigenvalue weighted by Crippen LogP contribution is -2.64. The van der Waals surface area contributed by atoms with Crippen LogP contribution in [0.25, 0.3) is 0 Å². The second kappa shape index (κ2) is 16.4. The van der Waals surface area contributed by atoms with Crippen molar-refractivity contribution in [1.29, 1.82) is 0 Å². The molecule has 44 heavy (non-hydrogen) atoms. The summed E-state index contributed by atoms with van der Waals surface area (Å²) >= 11 is 0. The first-order chi connectivity index (χ1) is 20.9. The highest BCUT2D eigenvalue weighted by molar-refractivity contribution is 7.48. The highest BCUT2D eigenvalue weighted by atomic mass is 31.2. The van der Waals surface area contributed by atoms with Crippen molar-refractivity contribution in [2.75, 3.05) is 6.61 Å². The average molecular weight is 639 g/mol. The quantitative estimate of drug-likeness (QED) is 0.181. The number of ether oxygens (including phenoxy) is 5. The molecular formula is C29H35O14P. The standard InChI is InChI=1S/C29H35O14P/c1-18(30)39-24(25-26(40-19(2)31)27(41-20(3)32)28(29(34)43-25)42-21(4)33)17-38-44(35,36-15-22-11-7-5-8-12-22)37-16-23-13-9-6-10-14-23/h5-14,24-29,34H,15-17H2,1-4H3/t24-,25?,26-,27?,28?,29-/m1/s1. The van der Waals surface area contributed by atoms with E-state index in [1.165, 1.54) is 0 Å². The molecule has 1 saturated heterocycles. The van der Waals surface area contributed by atoms with Crippen molar-refractivity contribution in [3.8, 4) is 0 Å². The number of rotatable bonds is 14. The van der Waals surface area contributed by atoms with Crippen LogP contribution in [0.5, 0.6) is 0 Å². The number of aliphatic hydroxyl groups is 1. The zero-order valence-corrected chi connectivity index (χ0v) is 25.5. The van der Waals surface area contributed by atoms with Crippen molar-refractivity contribution >= 4 is 31.7 Å². The van der Waals surface area contributed by atoms with E-state index in [9.17, 15) is 28.8 Å². The van der Waals surface area contributed by atoms with Crippen LogP contribution in [0.4, 0.5) is 0 Å². The Hall–Kier alpha value is -3.65. The van der Waals surface area contributed by atoms with Gasteiger partial charge in [-0.25, -0.2) is 4.57 Å². The van der Waals surface area contributed by atoms with Crippen molar-refractivity contribution in [2.45, 2.75) is 77.7 Å². The molecule has 2 aromatic rings. The summed E-state index contributed by atoms with van der Waals surface area (Å²) in [5.74, 6) is -3.45. The van der Waals surface area contributed by atoms with E-state index in [4.69, 9.17) is 37.3 Å². The third kappa shape index (κ3) is 10.8. The summed E-state index contributed by atoms with van der Waals surface area (Å²) < 4.78 is 57.3. The second-order valence-electron chi connectivity index (χ2n) is 9.62. The van der Waals surface area contributed by atoms with E-state index in [0.717, 1.165) is 27.7 Å². The molecule has 240 valence electrons. The minimum atomic E-state index is -4.40. The predicted molar refractivity (Wildman–Crippen MR) is 149 cm³/mol. The molecule has 0 aromatic heterocycles. The van der Waals surface area contributed by atoms with Gasteiger partial charge in [0, 0.05) is 27.7 Å². The third-order valence-corrected chi connectivity index (χ3v) is 7.36. The first-order valence-electron chi connectivity index (χ1n) is 13.5. The zero-order valence-electron chi connectivity index (χ0n) is 24.6. The molecule has 0 aliphatic carbocycles. The lowest BCUT2D eigenvalue weighted by atomic mass is 9.94. The molecule has 3 rings (SSSR count). The van der Waals surface area contributed by atoms with Gasteiger partial charge < -0.3 is 28.8 Å². The maximum absolute atomic E-state index is 13.8. The van der Waals surface area contributed by atoms with Crippen molar-refractivity contribution in [3.05, 3.63) is 71.8 Å². The topological polar surface area (TPSA) is 179 Å². The molecule has 0 bridgehead atoms. The fourth-order valence-corrected chi connectivity index (χ4v) is 5.43. The summed E-state index contributed by atoms with van der Waals surface area (Å²) in [5.41, 5.74) is 1.32. The maximum Gasteiger partial charge on any atom is 0.475 e. The molecule has 14 nitrogen and oxygen atoms in total. The number of carbonyl (C=O) groups excluding carboxylic acids is 4. The van der Waals surface area contributed by atoms with Gasteiger partial charge in [0.15, 0.2) is 30.7 Å². The van der Waals surface area contributed by atoms with Gasteiger partial charge in [-0.1, -0.05) is 60.7 Å². The molecule has 1 aliphatic heterocycles. The van der Waals surface area contributed by atoms with E-state index in [1.807, 2.05) is 0 Å². The van der Waals surface area contributed by atoms with Crippen molar-refractivity contribution in [1.82, 2.24) is 0 Å². The Labute approximate surface area is 254 Å². The Kier molecular flexibility index (Phi) is 13.0. The molecule has 6 atom stereocenters. The van der Waals surface area contributed by atoms with Crippen LogP contribution in [0.1, 0.15) is 38.8 Å². The second-order valence-corrected chi connectivity index (χ2v) is 11.3. The van der Waals surface area contributed by atoms with Gasteiger partial charge in [0.1, 0.15) is 6.10 Å². The van der Waals surface area contributed by atoms with E-state index < -0.39 is 75.1 Å². The minimum absolute atomic E-state index is 0.168.